The van der Waals surface area contributed by atoms with Gasteiger partial charge in [0.25, 0.3) is 0 Å². The highest BCUT2D eigenvalue weighted by Crippen LogP contribution is 2.19. The second-order valence-corrected chi connectivity index (χ2v) is 5.22. The molecule has 1 amide bonds. The molecule has 22 heavy (non-hydrogen) atoms. The topological polar surface area (TPSA) is 20.3 Å². The number of carbonyl (C=O) groups excluding carboxylic acids is 1. The maximum absolute atomic E-state index is 13.3. The Morgan fingerprint density at radius 3 is 2.32 bits per heavy atom. The first kappa shape index (κ1) is 16.1. The van der Waals surface area contributed by atoms with E-state index in [1.807, 2.05) is 38.1 Å². The molecule has 0 bridgehead atoms. The summed E-state index contributed by atoms with van der Waals surface area (Å²) in [5.41, 5.74) is 2.64. The van der Waals surface area contributed by atoms with Crippen LogP contribution in [-0.4, -0.2) is 12.5 Å². The molecule has 0 aliphatic rings. The van der Waals surface area contributed by atoms with Crippen LogP contribution < -0.4 is 4.90 Å². The minimum Gasteiger partial charge on any atom is -0.313 e. The van der Waals surface area contributed by atoms with Crippen LogP contribution in [0.5, 0.6) is 0 Å². The maximum Gasteiger partial charge on any atom is 0.227 e. The average molecular weight is 303 g/mol. The van der Waals surface area contributed by atoms with E-state index in [-0.39, 0.29) is 5.91 Å². The van der Waals surface area contributed by atoms with E-state index in [1.54, 1.807) is 0 Å². The van der Waals surface area contributed by atoms with Gasteiger partial charge >= 0.3 is 0 Å². The van der Waals surface area contributed by atoms with E-state index in [0.717, 1.165) is 17.7 Å². The quantitative estimate of drug-likeness (QED) is 0.808. The van der Waals surface area contributed by atoms with Crippen LogP contribution in [-0.2, 0) is 11.2 Å². The number of amides is 1. The van der Waals surface area contributed by atoms with Crippen molar-refractivity contribution in [3.8, 4) is 0 Å². The molecule has 2 rings (SSSR count). The third-order valence-electron chi connectivity index (χ3n) is 3.58. The first-order chi connectivity index (χ1) is 10.5. The van der Waals surface area contributed by atoms with Crippen LogP contribution >= 0.6 is 0 Å². The summed E-state index contributed by atoms with van der Waals surface area (Å²) >= 11 is 0. The fourth-order valence-electron chi connectivity index (χ4n) is 2.30. The molecular formula is C18H19F2NO. The zero-order valence-electron chi connectivity index (χ0n) is 12.8. The first-order valence-corrected chi connectivity index (χ1v) is 7.32. The van der Waals surface area contributed by atoms with E-state index in [4.69, 9.17) is 0 Å². The van der Waals surface area contributed by atoms with Gasteiger partial charge in [0, 0.05) is 24.7 Å². The van der Waals surface area contributed by atoms with E-state index >= 15 is 0 Å². The Morgan fingerprint density at radius 1 is 1.05 bits per heavy atom. The zero-order valence-corrected chi connectivity index (χ0v) is 12.8. The zero-order chi connectivity index (χ0) is 16.1. The molecule has 2 aromatic rings. The van der Waals surface area contributed by atoms with Crippen LogP contribution in [0.25, 0.3) is 0 Å². The van der Waals surface area contributed by atoms with Crippen LogP contribution in [0.2, 0.25) is 0 Å². The molecule has 2 aromatic carbocycles. The van der Waals surface area contributed by atoms with Crippen LogP contribution in [0.3, 0.4) is 0 Å². The van der Waals surface area contributed by atoms with Crippen molar-refractivity contribution in [2.45, 2.75) is 26.7 Å². The summed E-state index contributed by atoms with van der Waals surface area (Å²) in [5.74, 6) is -1.96. The van der Waals surface area contributed by atoms with Gasteiger partial charge in [-0.15, -0.1) is 0 Å². The number of halogens is 2. The fourth-order valence-corrected chi connectivity index (χ4v) is 2.30. The number of hydrogen-bond donors (Lipinski definition) is 0. The summed E-state index contributed by atoms with van der Waals surface area (Å²) in [5, 5.41) is 0. The second kappa shape index (κ2) is 7.16. The Morgan fingerprint density at radius 2 is 1.73 bits per heavy atom. The summed E-state index contributed by atoms with van der Waals surface area (Å²) in [7, 11) is 0. The number of nitrogens with zero attached hydrogens (tertiary/aromatic N) is 1. The van der Waals surface area contributed by atoms with Crippen molar-refractivity contribution in [3.63, 3.8) is 0 Å². The molecule has 2 nitrogen and oxygen atoms in total. The van der Waals surface area contributed by atoms with Gasteiger partial charge in [0.15, 0.2) is 11.6 Å². The van der Waals surface area contributed by atoms with Gasteiger partial charge in [0.2, 0.25) is 5.91 Å². The van der Waals surface area contributed by atoms with E-state index in [0.29, 0.717) is 25.1 Å². The van der Waals surface area contributed by atoms with Gasteiger partial charge < -0.3 is 4.90 Å². The lowest BCUT2D eigenvalue weighted by Gasteiger charge is -2.21. The Kier molecular flexibility index (Phi) is 5.26. The molecule has 0 heterocycles. The Labute approximate surface area is 129 Å². The fraction of sp³-hybridized carbons (Fsp3) is 0.278. The number of rotatable bonds is 5. The third kappa shape index (κ3) is 3.91. The van der Waals surface area contributed by atoms with E-state index in [2.05, 4.69) is 0 Å². The molecule has 0 radical (unpaired) electrons. The highest BCUT2D eigenvalue weighted by Gasteiger charge is 2.15. The van der Waals surface area contributed by atoms with Crippen molar-refractivity contribution >= 4 is 11.6 Å². The maximum atomic E-state index is 13.3. The van der Waals surface area contributed by atoms with Gasteiger partial charge in [0.05, 0.1) is 0 Å². The summed E-state index contributed by atoms with van der Waals surface area (Å²) < 4.78 is 26.3. The molecule has 0 aliphatic carbocycles. The number of carbonyl (C=O) groups is 1. The molecule has 0 unspecified atom stereocenters. The number of benzene rings is 2. The van der Waals surface area contributed by atoms with E-state index < -0.39 is 11.6 Å². The number of anilines is 1. The third-order valence-corrected chi connectivity index (χ3v) is 3.58. The normalized spacial score (nSPS) is 10.5. The molecule has 0 spiro atoms. The molecule has 0 fully saturated rings. The smallest absolute Gasteiger partial charge is 0.227 e. The molecule has 0 atom stereocenters. The predicted molar refractivity (Wildman–Crippen MR) is 83.9 cm³/mol. The van der Waals surface area contributed by atoms with Crippen molar-refractivity contribution < 1.29 is 13.6 Å². The molecule has 0 saturated heterocycles. The lowest BCUT2D eigenvalue weighted by Crippen LogP contribution is -2.30. The number of aryl methyl sites for hydroxylation is 2. The van der Waals surface area contributed by atoms with E-state index in [9.17, 15) is 13.6 Å². The molecule has 0 N–H and O–H groups in total. The highest BCUT2D eigenvalue weighted by atomic mass is 19.2. The van der Waals surface area contributed by atoms with Gasteiger partial charge in [-0.05, 0) is 38.0 Å². The molecule has 116 valence electrons. The van der Waals surface area contributed by atoms with Gasteiger partial charge in [-0.2, -0.15) is 0 Å². The lowest BCUT2D eigenvalue weighted by molar-refractivity contribution is -0.118. The minimum atomic E-state index is -0.942. The van der Waals surface area contributed by atoms with Gasteiger partial charge in [0.1, 0.15) is 0 Å². The SMILES string of the molecule is CCN(C(=O)CCc1ccc(C)cc1)c1ccc(F)c(F)c1. The van der Waals surface area contributed by atoms with Crippen molar-refractivity contribution in [3.05, 3.63) is 65.2 Å². The minimum absolute atomic E-state index is 0.103. The van der Waals surface area contributed by atoms with Crippen molar-refractivity contribution in [1.29, 1.82) is 0 Å². The van der Waals surface area contributed by atoms with Crippen molar-refractivity contribution in [1.82, 2.24) is 0 Å². The standard InChI is InChI=1S/C18H19F2NO/c1-3-21(15-9-10-16(19)17(20)12-15)18(22)11-8-14-6-4-13(2)5-7-14/h4-7,9-10,12H,3,8,11H2,1-2H3. The summed E-state index contributed by atoms with van der Waals surface area (Å²) in [6.07, 6.45) is 0.954. The summed E-state index contributed by atoms with van der Waals surface area (Å²) in [4.78, 5) is 13.8. The van der Waals surface area contributed by atoms with Crippen LogP contribution in [0.4, 0.5) is 14.5 Å². The molecule has 4 heteroatoms. The van der Waals surface area contributed by atoms with Crippen molar-refractivity contribution in [2.75, 3.05) is 11.4 Å². The van der Waals surface area contributed by atoms with Crippen LogP contribution in [0.1, 0.15) is 24.5 Å². The lowest BCUT2D eigenvalue weighted by atomic mass is 10.1. The Bertz CT molecular complexity index is 653. The predicted octanol–water partition coefficient (Wildman–Crippen LogP) is 4.26. The first-order valence-electron chi connectivity index (χ1n) is 7.32. The molecular weight excluding hydrogens is 284 g/mol. The van der Waals surface area contributed by atoms with Gasteiger partial charge in [-0.1, -0.05) is 29.8 Å². The average Bonchev–Trinajstić information content (AvgIpc) is 2.51. The monoisotopic (exact) mass is 303 g/mol. The van der Waals surface area contributed by atoms with Gasteiger partial charge in [-0.25, -0.2) is 8.78 Å². The van der Waals surface area contributed by atoms with E-state index in [1.165, 1.54) is 16.5 Å². The van der Waals surface area contributed by atoms with Gasteiger partial charge in [-0.3, -0.25) is 4.79 Å². The largest absolute Gasteiger partial charge is 0.313 e. The second-order valence-electron chi connectivity index (χ2n) is 5.22. The molecule has 0 aliphatic heterocycles. The van der Waals surface area contributed by atoms with Crippen LogP contribution in [0, 0.1) is 18.6 Å². The molecule has 0 saturated carbocycles. The summed E-state index contributed by atoms with van der Waals surface area (Å²) in [6.45, 7) is 4.24. The number of hydrogen-bond acceptors (Lipinski definition) is 1. The van der Waals surface area contributed by atoms with Crippen molar-refractivity contribution in [2.24, 2.45) is 0 Å². The molecule has 0 aromatic heterocycles. The Balaban J connectivity index is 2.05. The van der Waals surface area contributed by atoms with Crippen LogP contribution in [0.15, 0.2) is 42.5 Å². The highest BCUT2D eigenvalue weighted by molar-refractivity contribution is 5.93. The Hall–Kier alpha value is -2.23. The summed E-state index contributed by atoms with van der Waals surface area (Å²) in [6, 6.07) is 11.5.